The van der Waals surface area contributed by atoms with Gasteiger partial charge in [-0.25, -0.2) is 14.5 Å². The monoisotopic (exact) mass is 282 g/mol. The Kier molecular flexibility index (Phi) is 2.70. The van der Waals surface area contributed by atoms with E-state index in [1.54, 1.807) is 35.4 Å². The summed E-state index contributed by atoms with van der Waals surface area (Å²) < 4.78 is 3.69. The van der Waals surface area contributed by atoms with Gasteiger partial charge in [0.1, 0.15) is 11.4 Å². The molecule has 7 nitrogen and oxygen atoms in total. The van der Waals surface area contributed by atoms with Crippen LogP contribution in [-0.4, -0.2) is 36.1 Å². The number of nitrogens with zero attached hydrogens (tertiary/aromatic N) is 5. The Bertz CT molecular complexity index is 805. The molecule has 4 rings (SSSR count). The van der Waals surface area contributed by atoms with E-state index >= 15 is 0 Å². The van der Waals surface area contributed by atoms with Crippen molar-refractivity contribution in [2.24, 2.45) is 0 Å². The van der Waals surface area contributed by atoms with Gasteiger partial charge in [0, 0.05) is 43.8 Å². The normalized spacial score (nSPS) is 17.6. The van der Waals surface area contributed by atoms with Crippen molar-refractivity contribution in [2.75, 3.05) is 0 Å². The molecule has 3 aromatic rings. The highest BCUT2D eigenvalue weighted by atomic mass is 16.1. The number of carbonyl (C=O) groups is 1. The van der Waals surface area contributed by atoms with Crippen molar-refractivity contribution in [3.8, 4) is 0 Å². The second-order valence-corrected chi connectivity index (χ2v) is 5.15. The van der Waals surface area contributed by atoms with E-state index in [9.17, 15) is 4.79 Å². The fraction of sp³-hybridized carbons (Fsp3) is 0.286. The molecule has 3 aromatic heterocycles. The Morgan fingerprint density at radius 2 is 2.24 bits per heavy atom. The van der Waals surface area contributed by atoms with Crippen LogP contribution in [0.1, 0.15) is 22.6 Å². The van der Waals surface area contributed by atoms with Crippen LogP contribution in [-0.2, 0) is 13.0 Å². The van der Waals surface area contributed by atoms with E-state index < -0.39 is 0 Å². The van der Waals surface area contributed by atoms with Crippen LogP contribution in [0.15, 0.2) is 37.1 Å². The minimum Gasteiger partial charge on any atom is -0.347 e. The minimum absolute atomic E-state index is 0.109. The molecule has 0 saturated carbocycles. The maximum absolute atomic E-state index is 12.4. The summed E-state index contributed by atoms with van der Waals surface area (Å²) in [5.74, 6) is 0.954. The molecule has 0 unspecified atom stereocenters. The topological polar surface area (TPSA) is 77.1 Å². The smallest absolute Gasteiger partial charge is 0.257 e. The van der Waals surface area contributed by atoms with E-state index in [1.165, 1.54) is 0 Å². The van der Waals surface area contributed by atoms with Crippen LogP contribution in [0.5, 0.6) is 0 Å². The van der Waals surface area contributed by atoms with Crippen molar-refractivity contribution in [3.05, 3.63) is 48.4 Å². The number of imidazole rings is 1. The van der Waals surface area contributed by atoms with Gasteiger partial charge in [0.05, 0.1) is 6.20 Å². The second kappa shape index (κ2) is 4.69. The van der Waals surface area contributed by atoms with Gasteiger partial charge in [-0.1, -0.05) is 0 Å². The zero-order chi connectivity index (χ0) is 14.2. The van der Waals surface area contributed by atoms with Crippen molar-refractivity contribution >= 4 is 11.6 Å². The van der Waals surface area contributed by atoms with Crippen molar-refractivity contribution in [2.45, 2.75) is 25.4 Å². The van der Waals surface area contributed by atoms with Crippen molar-refractivity contribution in [3.63, 3.8) is 0 Å². The fourth-order valence-electron chi connectivity index (χ4n) is 2.73. The molecular formula is C14H14N6O. The van der Waals surface area contributed by atoms with Gasteiger partial charge >= 0.3 is 0 Å². The fourth-order valence-corrected chi connectivity index (χ4v) is 2.73. The Balaban J connectivity index is 1.54. The maximum Gasteiger partial charge on any atom is 0.257 e. The largest absolute Gasteiger partial charge is 0.347 e. The van der Waals surface area contributed by atoms with Crippen LogP contribution in [0.4, 0.5) is 0 Å². The highest BCUT2D eigenvalue weighted by Gasteiger charge is 2.22. The summed E-state index contributed by atoms with van der Waals surface area (Å²) in [4.78, 5) is 20.9. The summed E-state index contributed by atoms with van der Waals surface area (Å²) in [7, 11) is 0. The molecule has 0 fully saturated rings. The summed E-state index contributed by atoms with van der Waals surface area (Å²) in [5, 5.41) is 7.20. The van der Waals surface area contributed by atoms with E-state index in [4.69, 9.17) is 0 Å². The van der Waals surface area contributed by atoms with Gasteiger partial charge in [-0.3, -0.25) is 4.79 Å². The van der Waals surface area contributed by atoms with Crippen LogP contribution in [0.25, 0.3) is 5.65 Å². The van der Waals surface area contributed by atoms with Gasteiger partial charge < -0.3 is 9.88 Å². The Morgan fingerprint density at radius 3 is 3.19 bits per heavy atom. The molecule has 106 valence electrons. The lowest BCUT2D eigenvalue weighted by Gasteiger charge is -2.24. The van der Waals surface area contributed by atoms with Gasteiger partial charge in [0.15, 0.2) is 5.65 Å². The third kappa shape index (κ3) is 2.06. The van der Waals surface area contributed by atoms with Crippen LogP contribution in [0.3, 0.4) is 0 Å². The van der Waals surface area contributed by atoms with Crippen LogP contribution >= 0.6 is 0 Å². The van der Waals surface area contributed by atoms with Gasteiger partial charge in [0.2, 0.25) is 0 Å². The molecule has 7 heteroatoms. The summed E-state index contributed by atoms with van der Waals surface area (Å²) in [5.41, 5.74) is 1.08. The molecule has 1 atom stereocenters. The maximum atomic E-state index is 12.4. The number of fused-ring (bicyclic) bond motifs is 2. The summed E-state index contributed by atoms with van der Waals surface area (Å²) >= 11 is 0. The number of hydrogen-bond donors (Lipinski definition) is 1. The Hall–Kier alpha value is -2.70. The SMILES string of the molecule is O=C(N[C@@H]1CCc2nccn2C1)c1cnn2cccnc12. The first kappa shape index (κ1) is 12.1. The third-order valence-electron chi connectivity index (χ3n) is 3.79. The molecule has 0 aromatic carbocycles. The van der Waals surface area contributed by atoms with Crippen LogP contribution in [0.2, 0.25) is 0 Å². The first-order chi connectivity index (χ1) is 10.3. The molecule has 1 amide bonds. The lowest BCUT2D eigenvalue weighted by Crippen LogP contribution is -2.40. The summed E-state index contributed by atoms with van der Waals surface area (Å²) in [6, 6.07) is 1.89. The first-order valence-electron chi connectivity index (χ1n) is 6.90. The van der Waals surface area contributed by atoms with E-state index in [2.05, 4.69) is 25.0 Å². The first-order valence-corrected chi connectivity index (χ1v) is 6.90. The number of carbonyl (C=O) groups excluding carboxylic acids is 1. The van der Waals surface area contributed by atoms with Gasteiger partial charge in [-0.05, 0) is 12.5 Å². The lowest BCUT2D eigenvalue weighted by atomic mass is 10.1. The predicted molar refractivity (Wildman–Crippen MR) is 74.8 cm³/mol. The van der Waals surface area contributed by atoms with Gasteiger partial charge in [0.25, 0.3) is 5.91 Å². The molecule has 4 heterocycles. The van der Waals surface area contributed by atoms with E-state index in [0.29, 0.717) is 11.2 Å². The number of nitrogens with one attached hydrogen (secondary N) is 1. The number of aromatic nitrogens is 5. The van der Waals surface area contributed by atoms with Crippen molar-refractivity contribution in [1.82, 2.24) is 29.5 Å². The standard InChI is InChI=1S/C14H14N6O/c21-14(11-8-17-20-6-1-4-16-13(11)20)18-10-2-3-12-15-5-7-19(12)9-10/h1,4-8,10H,2-3,9H2,(H,18,21)/t10-/m1/s1. The minimum atomic E-state index is -0.128. The molecule has 1 aliphatic rings. The van der Waals surface area contributed by atoms with Crippen molar-refractivity contribution in [1.29, 1.82) is 0 Å². The van der Waals surface area contributed by atoms with E-state index in [1.807, 2.05) is 6.20 Å². The van der Waals surface area contributed by atoms with E-state index in [-0.39, 0.29) is 11.9 Å². The highest BCUT2D eigenvalue weighted by Crippen LogP contribution is 2.14. The zero-order valence-electron chi connectivity index (χ0n) is 11.3. The Labute approximate surface area is 120 Å². The van der Waals surface area contributed by atoms with Gasteiger partial charge in [-0.15, -0.1) is 0 Å². The average Bonchev–Trinajstić information content (AvgIpc) is 3.13. The zero-order valence-corrected chi connectivity index (χ0v) is 11.3. The van der Waals surface area contributed by atoms with Gasteiger partial charge in [-0.2, -0.15) is 5.10 Å². The molecule has 0 radical (unpaired) electrons. The molecule has 1 aliphatic heterocycles. The molecule has 1 N–H and O–H groups in total. The molecular weight excluding hydrogens is 268 g/mol. The average molecular weight is 282 g/mol. The van der Waals surface area contributed by atoms with Crippen LogP contribution in [0, 0.1) is 0 Å². The highest BCUT2D eigenvalue weighted by molar-refractivity contribution is 5.99. The molecule has 0 saturated heterocycles. The quantitative estimate of drug-likeness (QED) is 0.749. The second-order valence-electron chi connectivity index (χ2n) is 5.15. The predicted octanol–water partition coefficient (Wildman–Crippen LogP) is 0.671. The number of amides is 1. The number of hydrogen-bond acceptors (Lipinski definition) is 4. The lowest BCUT2D eigenvalue weighted by molar-refractivity contribution is 0.0929. The Morgan fingerprint density at radius 1 is 1.29 bits per heavy atom. The summed E-state index contributed by atoms with van der Waals surface area (Å²) in [6.07, 6.45) is 10.5. The summed E-state index contributed by atoms with van der Waals surface area (Å²) in [6.45, 7) is 0.758. The van der Waals surface area contributed by atoms with E-state index in [0.717, 1.165) is 25.2 Å². The molecule has 21 heavy (non-hydrogen) atoms. The number of aryl methyl sites for hydroxylation is 1. The molecule has 0 bridgehead atoms. The molecule has 0 spiro atoms. The number of rotatable bonds is 2. The van der Waals surface area contributed by atoms with Crippen molar-refractivity contribution < 1.29 is 4.79 Å². The molecule has 0 aliphatic carbocycles. The third-order valence-corrected chi connectivity index (χ3v) is 3.79. The van der Waals surface area contributed by atoms with Crippen LogP contribution < -0.4 is 5.32 Å².